The highest BCUT2D eigenvalue weighted by Crippen LogP contribution is 2.17. The quantitative estimate of drug-likeness (QED) is 0.307. The van der Waals surface area contributed by atoms with Crippen molar-refractivity contribution in [2.75, 3.05) is 34.3 Å². The van der Waals surface area contributed by atoms with Crippen molar-refractivity contribution < 1.29 is 4.74 Å². The molecular formula is C20H37IN4O. The topological polar surface area (TPSA) is 48.9 Å². The van der Waals surface area contributed by atoms with E-state index in [1.807, 2.05) is 39.3 Å². The Hall–Kier alpha value is -1.02. The first-order valence-electron chi connectivity index (χ1n) is 9.25. The van der Waals surface area contributed by atoms with E-state index in [9.17, 15) is 0 Å². The highest BCUT2D eigenvalue weighted by atomic mass is 127. The second kappa shape index (κ2) is 14.1. The number of guanidine groups is 1. The summed E-state index contributed by atoms with van der Waals surface area (Å²) in [5.41, 5.74) is 1.14. The summed E-state index contributed by atoms with van der Waals surface area (Å²) >= 11 is 0. The Morgan fingerprint density at radius 2 is 1.85 bits per heavy atom. The van der Waals surface area contributed by atoms with Crippen LogP contribution in [0.3, 0.4) is 0 Å². The molecule has 0 aliphatic carbocycles. The van der Waals surface area contributed by atoms with Crippen molar-refractivity contribution in [1.82, 2.24) is 15.5 Å². The lowest BCUT2D eigenvalue weighted by atomic mass is 10.0. The van der Waals surface area contributed by atoms with Gasteiger partial charge in [0.15, 0.2) is 5.96 Å². The number of rotatable bonds is 10. The third kappa shape index (κ3) is 10.9. The summed E-state index contributed by atoms with van der Waals surface area (Å²) in [6, 6.07) is 8.56. The molecule has 1 rings (SSSR count). The lowest BCUT2D eigenvalue weighted by Crippen LogP contribution is -2.42. The van der Waals surface area contributed by atoms with Crippen LogP contribution in [0.5, 0.6) is 5.75 Å². The summed E-state index contributed by atoms with van der Waals surface area (Å²) in [6.45, 7) is 8.99. The molecule has 1 aromatic rings. The van der Waals surface area contributed by atoms with E-state index in [4.69, 9.17) is 4.74 Å². The van der Waals surface area contributed by atoms with Gasteiger partial charge in [-0.05, 0) is 45.8 Å². The normalized spacial score (nSPS) is 12.7. The number of ether oxygens (including phenoxy) is 1. The van der Waals surface area contributed by atoms with Crippen molar-refractivity contribution in [1.29, 1.82) is 0 Å². The summed E-state index contributed by atoms with van der Waals surface area (Å²) in [5.74, 6) is 2.49. The van der Waals surface area contributed by atoms with E-state index in [1.165, 1.54) is 6.42 Å². The Morgan fingerprint density at radius 1 is 1.15 bits per heavy atom. The first kappa shape index (κ1) is 25.0. The number of hydrogen-bond donors (Lipinski definition) is 2. The standard InChI is InChI=1S/C20H36N4O.HI/c1-16(2)11-12-17(3)23-20(21-4)22-15-18-9-7-8-10-19(18)25-14-13-24(5)6;/h7-10,16-17H,11-15H2,1-6H3,(H2,21,22,23);1H. The van der Waals surface area contributed by atoms with Crippen molar-refractivity contribution in [2.24, 2.45) is 10.9 Å². The van der Waals surface area contributed by atoms with Gasteiger partial charge in [0, 0.05) is 31.7 Å². The molecule has 0 radical (unpaired) electrons. The van der Waals surface area contributed by atoms with Gasteiger partial charge in [-0.2, -0.15) is 0 Å². The molecule has 26 heavy (non-hydrogen) atoms. The zero-order chi connectivity index (χ0) is 18.7. The lowest BCUT2D eigenvalue weighted by molar-refractivity contribution is 0.259. The van der Waals surface area contributed by atoms with Crippen LogP contribution in [0, 0.1) is 5.92 Å². The summed E-state index contributed by atoms with van der Waals surface area (Å²) in [4.78, 5) is 6.45. The number of para-hydroxylation sites is 1. The molecule has 1 aromatic carbocycles. The Bertz CT molecular complexity index is 520. The zero-order valence-corrected chi connectivity index (χ0v) is 19.5. The molecule has 0 spiro atoms. The third-order valence-electron chi connectivity index (χ3n) is 4.00. The maximum Gasteiger partial charge on any atom is 0.191 e. The minimum absolute atomic E-state index is 0. The number of nitrogens with one attached hydrogen (secondary N) is 2. The minimum Gasteiger partial charge on any atom is -0.492 e. The SMILES string of the molecule is CN=C(NCc1ccccc1OCCN(C)C)NC(C)CCC(C)C.I. The monoisotopic (exact) mass is 476 g/mol. The smallest absolute Gasteiger partial charge is 0.191 e. The lowest BCUT2D eigenvalue weighted by Gasteiger charge is -2.19. The average molecular weight is 476 g/mol. The summed E-state index contributed by atoms with van der Waals surface area (Å²) in [6.07, 6.45) is 2.36. The first-order valence-corrected chi connectivity index (χ1v) is 9.25. The van der Waals surface area contributed by atoms with Crippen LogP contribution >= 0.6 is 24.0 Å². The van der Waals surface area contributed by atoms with Gasteiger partial charge in [0.05, 0.1) is 0 Å². The largest absolute Gasteiger partial charge is 0.492 e. The Morgan fingerprint density at radius 3 is 2.46 bits per heavy atom. The first-order chi connectivity index (χ1) is 11.9. The van der Waals surface area contributed by atoms with Crippen molar-refractivity contribution in [3.05, 3.63) is 29.8 Å². The van der Waals surface area contributed by atoms with Crippen molar-refractivity contribution in [2.45, 2.75) is 46.2 Å². The van der Waals surface area contributed by atoms with Crippen LogP contribution in [0.25, 0.3) is 0 Å². The van der Waals surface area contributed by atoms with Crippen molar-refractivity contribution in [3.63, 3.8) is 0 Å². The fraction of sp³-hybridized carbons (Fsp3) is 0.650. The number of likely N-dealkylation sites (N-methyl/N-ethyl adjacent to an activating group) is 1. The molecule has 0 fully saturated rings. The maximum absolute atomic E-state index is 5.92. The molecule has 1 unspecified atom stereocenters. The van der Waals surface area contributed by atoms with Gasteiger partial charge >= 0.3 is 0 Å². The molecule has 0 saturated heterocycles. The molecule has 1 atom stereocenters. The van der Waals surface area contributed by atoms with Gasteiger partial charge in [0.1, 0.15) is 12.4 Å². The van der Waals surface area contributed by atoms with E-state index in [-0.39, 0.29) is 24.0 Å². The van der Waals surface area contributed by atoms with E-state index < -0.39 is 0 Å². The van der Waals surface area contributed by atoms with Crippen LogP contribution in [0.2, 0.25) is 0 Å². The Labute approximate surface area is 177 Å². The van der Waals surface area contributed by atoms with Gasteiger partial charge in [0.25, 0.3) is 0 Å². The third-order valence-corrected chi connectivity index (χ3v) is 4.00. The molecule has 0 aliphatic rings. The maximum atomic E-state index is 5.92. The predicted octanol–water partition coefficient (Wildman–Crippen LogP) is 3.73. The van der Waals surface area contributed by atoms with E-state index in [2.05, 4.69) is 47.4 Å². The number of benzene rings is 1. The van der Waals surface area contributed by atoms with Crippen LogP contribution in [0.4, 0.5) is 0 Å². The van der Waals surface area contributed by atoms with E-state index in [1.54, 1.807) is 0 Å². The van der Waals surface area contributed by atoms with E-state index in [0.29, 0.717) is 19.2 Å². The average Bonchev–Trinajstić information content (AvgIpc) is 2.57. The molecule has 2 N–H and O–H groups in total. The van der Waals surface area contributed by atoms with Crippen LogP contribution in [-0.4, -0.2) is 51.2 Å². The molecule has 0 bridgehead atoms. The van der Waals surface area contributed by atoms with Gasteiger partial charge in [-0.1, -0.05) is 32.0 Å². The zero-order valence-electron chi connectivity index (χ0n) is 17.2. The summed E-state index contributed by atoms with van der Waals surface area (Å²) < 4.78 is 5.92. The fourth-order valence-electron chi connectivity index (χ4n) is 2.39. The summed E-state index contributed by atoms with van der Waals surface area (Å²) in [5, 5.41) is 6.85. The highest BCUT2D eigenvalue weighted by Gasteiger charge is 2.08. The van der Waals surface area contributed by atoms with Gasteiger partial charge in [0.2, 0.25) is 0 Å². The second-order valence-corrected chi connectivity index (χ2v) is 7.20. The Kier molecular flexibility index (Phi) is 13.5. The molecule has 0 aromatic heterocycles. The molecule has 5 nitrogen and oxygen atoms in total. The van der Waals surface area contributed by atoms with Crippen LogP contribution < -0.4 is 15.4 Å². The van der Waals surface area contributed by atoms with Crippen LogP contribution in [-0.2, 0) is 6.54 Å². The van der Waals surface area contributed by atoms with Gasteiger partial charge in [-0.15, -0.1) is 24.0 Å². The van der Waals surface area contributed by atoms with E-state index >= 15 is 0 Å². The van der Waals surface area contributed by atoms with Gasteiger partial charge < -0.3 is 20.3 Å². The summed E-state index contributed by atoms with van der Waals surface area (Å²) in [7, 11) is 5.91. The number of aliphatic imine (C=N–C) groups is 1. The second-order valence-electron chi connectivity index (χ2n) is 7.20. The van der Waals surface area contributed by atoms with E-state index in [0.717, 1.165) is 36.2 Å². The molecule has 6 heteroatoms. The Balaban J connectivity index is 0.00000625. The van der Waals surface area contributed by atoms with Crippen LogP contribution in [0.1, 0.15) is 39.2 Å². The highest BCUT2D eigenvalue weighted by molar-refractivity contribution is 14.0. The molecule has 150 valence electrons. The molecule has 0 aliphatic heterocycles. The van der Waals surface area contributed by atoms with Gasteiger partial charge in [-0.3, -0.25) is 4.99 Å². The molecule has 0 amide bonds. The molecule has 0 saturated carbocycles. The number of nitrogens with zero attached hydrogens (tertiary/aromatic N) is 2. The predicted molar refractivity (Wildman–Crippen MR) is 123 cm³/mol. The fourth-order valence-corrected chi connectivity index (χ4v) is 2.39. The minimum atomic E-state index is 0. The molecule has 0 heterocycles. The van der Waals surface area contributed by atoms with Gasteiger partial charge in [-0.25, -0.2) is 0 Å². The van der Waals surface area contributed by atoms with Crippen molar-refractivity contribution >= 4 is 29.9 Å². The number of hydrogen-bond acceptors (Lipinski definition) is 3. The van der Waals surface area contributed by atoms with Crippen LogP contribution in [0.15, 0.2) is 29.3 Å². The van der Waals surface area contributed by atoms with Crippen molar-refractivity contribution in [3.8, 4) is 5.75 Å². The molecular weight excluding hydrogens is 439 g/mol. The number of halogens is 1.